The maximum Gasteiger partial charge on any atom is 0.271 e. The van der Waals surface area contributed by atoms with E-state index in [4.69, 9.17) is 5.73 Å². The summed E-state index contributed by atoms with van der Waals surface area (Å²) in [5.74, 6) is -0.466. The van der Waals surface area contributed by atoms with Gasteiger partial charge in [-0.25, -0.2) is 4.98 Å². The summed E-state index contributed by atoms with van der Waals surface area (Å²) in [6, 6.07) is -0.255. The van der Waals surface area contributed by atoms with Gasteiger partial charge in [0, 0.05) is 17.8 Å². The van der Waals surface area contributed by atoms with Gasteiger partial charge in [-0.15, -0.1) is 11.3 Å². The van der Waals surface area contributed by atoms with Crippen molar-refractivity contribution in [3.05, 3.63) is 16.1 Å². The molecule has 2 rings (SSSR count). The van der Waals surface area contributed by atoms with E-state index in [0.29, 0.717) is 24.7 Å². The van der Waals surface area contributed by atoms with Gasteiger partial charge in [-0.3, -0.25) is 9.59 Å². The van der Waals surface area contributed by atoms with Crippen LogP contribution in [-0.4, -0.2) is 35.4 Å². The smallest absolute Gasteiger partial charge is 0.271 e. The highest BCUT2D eigenvalue weighted by atomic mass is 32.1. The van der Waals surface area contributed by atoms with E-state index in [0.717, 1.165) is 17.8 Å². The van der Waals surface area contributed by atoms with Crippen molar-refractivity contribution in [2.24, 2.45) is 5.73 Å². The molecule has 0 aromatic carbocycles. The van der Waals surface area contributed by atoms with Crippen LogP contribution >= 0.6 is 11.3 Å². The molecule has 0 spiro atoms. The molecule has 1 aliphatic rings. The molecule has 104 valence electrons. The van der Waals surface area contributed by atoms with Crippen LogP contribution in [0.25, 0.3) is 0 Å². The monoisotopic (exact) mass is 282 g/mol. The third-order valence-electron chi connectivity index (χ3n) is 2.81. The minimum Gasteiger partial charge on any atom is -0.352 e. The molecule has 1 unspecified atom stereocenters. The highest BCUT2D eigenvalue weighted by Gasteiger charge is 2.26. The van der Waals surface area contributed by atoms with E-state index >= 15 is 0 Å². The maximum atomic E-state index is 11.9. The first-order valence-corrected chi connectivity index (χ1v) is 7.24. The van der Waals surface area contributed by atoms with Gasteiger partial charge in [-0.2, -0.15) is 0 Å². The van der Waals surface area contributed by atoms with Gasteiger partial charge < -0.3 is 16.4 Å². The summed E-state index contributed by atoms with van der Waals surface area (Å²) in [4.78, 5) is 27.8. The van der Waals surface area contributed by atoms with Crippen molar-refractivity contribution in [2.75, 3.05) is 6.54 Å². The van der Waals surface area contributed by atoms with Gasteiger partial charge in [0.1, 0.15) is 11.7 Å². The fourth-order valence-corrected chi connectivity index (χ4v) is 2.34. The molecule has 1 heterocycles. The van der Waals surface area contributed by atoms with Crippen molar-refractivity contribution in [1.29, 1.82) is 0 Å². The Labute approximate surface area is 115 Å². The maximum absolute atomic E-state index is 11.9. The SMILES string of the molecule is CC(NC(=O)c1csc(CCN)n1)C(=O)NC1CC1. The molecule has 1 aliphatic carbocycles. The Morgan fingerprint density at radius 3 is 2.95 bits per heavy atom. The number of carbonyl (C=O) groups excluding carboxylic acids is 2. The zero-order valence-corrected chi connectivity index (χ0v) is 11.6. The Kier molecular flexibility index (Phi) is 4.49. The number of hydrogen-bond acceptors (Lipinski definition) is 5. The summed E-state index contributed by atoms with van der Waals surface area (Å²) < 4.78 is 0. The summed E-state index contributed by atoms with van der Waals surface area (Å²) in [6.45, 7) is 2.18. The van der Waals surface area contributed by atoms with Gasteiger partial charge in [0.05, 0.1) is 5.01 Å². The van der Waals surface area contributed by atoms with Gasteiger partial charge in [0.2, 0.25) is 5.91 Å². The number of amides is 2. The largest absolute Gasteiger partial charge is 0.352 e. The highest BCUT2D eigenvalue weighted by molar-refractivity contribution is 7.09. The first-order chi connectivity index (χ1) is 9.10. The Hall–Kier alpha value is -1.47. The molecule has 1 fully saturated rings. The summed E-state index contributed by atoms with van der Waals surface area (Å²) in [6.07, 6.45) is 2.72. The van der Waals surface area contributed by atoms with Crippen molar-refractivity contribution in [2.45, 2.75) is 38.3 Å². The second kappa shape index (κ2) is 6.12. The fourth-order valence-electron chi connectivity index (χ4n) is 1.54. The van der Waals surface area contributed by atoms with Crippen molar-refractivity contribution >= 4 is 23.2 Å². The summed E-state index contributed by atoms with van der Waals surface area (Å²) in [5.41, 5.74) is 5.78. The number of nitrogens with one attached hydrogen (secondary N) is 2. The van der Waals surface area contributed by atoms with E-state index in [9.17, 15) is 9.59 Å². The summed E-state index contributed by atoms with van der Waals surface area (Å²) in [7, 11) is 0. The first kappa shape index (κ1) is 14.0. The van der Waals surface area contributed by atoms with E-state index < -0.39 is 6.04 Å². The minimum atomic E-state index is -0.548. The lowest BCUT2D eigenvalue weighted by molar-refractivity contribution is -0.122. The molecule has 1 atom stereocenters. The third-order valence-corrected chi connectivity index (χ3v) is 3.72. The van der Waals surface area contributed by atoms with E-state index in [1.54, 1.807) is 12.3 Å². The Balaban J connectivity index is 1.86. The van der Waals surface area contributed by atoms with Crippen LogP contribution in [0.4, 0.5) is 0 Å². The van der Waals surface area contributed by atoms with Gasteiger partial charge in [0.25, 0.3) is 5.91 Å². The molecular weight excluding hydrogens is 264 g/mol. The van der Waals surface area contributed by atoms with E-state index in [2.05, 4.69) is 15.6 Å². The Morgan fingerprint density at radius 2 is 2.32 bits per heavy atom. The first-order valence-electron chi connectivity index (χ1n) is 6.36. The molecular formula is C12H18N4O2S. The Morgan fingerprint density at radius 1 is 1.58 bits per heavy atom. The molecule has 0 radical (unpaired) electrons. The zero-order chi connectivity index (χ0) is 13.8. The van der Waals surface area contributed by atoms with E-state index in [1.165, 1.54) is 11.3 Å². The second-order valence-electron chi connectivity index (χ2n) is 4.64. The molecule has 7 heteroatoms. The third kappa shape index (κ3) is 4.00. The van der Waals surface area contributed by atoms with Crippen molar-refractivity contribution < 1.29 is 9.59 Å². The van der Waals surface area contributed by atoms with Crippen LogP contribution in [0.5, 0.6) is 0 Å². The van der Waals surface area contributed by atoms with Gasteiger partial charge in [-0.1, -0.05) is 0 Å². The number of nitrogens with zero attached hydrogens (tertiary/aromatic N) is 1. The average Bonchev–Trinajstić information content (AvgIpc) is 3.05. The number of nitrogens with two attached hydrogens (primary N) is 1. The minimum absolute atomic E-state index is 0.145. The van der Waals surface area contributed by atoms with Crippen LogP contribution in [0.1, 0.15) is 35.3 Å². The predicted molar refractivity (Wildman–Crippen MR) is 73.0 cm³/mol. The van der Waals surface area contributed by atoms with Gasteiger partial charge >= 0.3 is 0 Å². The molecule has 1 saturated carbocycles. The van der Waals surface area contributed by atoms with Crippen LogP contribution in [0.2, 0.25) is 0 Å². The van der Waals surface area contributed by atoms with Crippen LogP contribution < -0.4 is 16.4 Å². The average molecular weight is 282 g/mol. The topological polar surface area (TPSA) is 97.1 Å². The van der Waals surface area contributed by atoms with Crippen molar-refractivity contribution in [3.8, 4) is 0 Å². The molecule has 4 N–H and O–H groups in total. The highest BCUT2D eigenvalue weighted by Crippen LogP contribution is 2.18. The number of thiazole rings is 1. The lowest BCUT2D eigenvalue weighted by Crippen LogP contribution is -2.45. The van der Waals surface area contributed by atoms with E-state index in [-0.39, 0.29) is 11.8 Å². The summed E-state index contributed by atoms with van der Waals surface area (Å²) in [5, 5.41) is 8.02. The van der Waals surface area contributed by atoms with Crippen molar-refractivity contribution in [3.63, 3.8) is 0 Å². The number of aromatic nitrogens is 1. The lowest BCUT2D eigenvalue weighted by atomic mass is 10.3. The molecule has 0 bridgehead atoms. The normalized spacial score (nSPS) is 15.9. The summed E-state index contributed by atoms with van der Waals surface area (Å²) >= 11 is 1.41. The van der Waals surface area contributed by atoms with Crippen LogP contribution in [0.3, 0.4) is 0 Å². The van der Waals surface area contributed by atoms with Crippen LogP contribution in [0, 0.1) is 0 Å². The Bertz CT molecular complexity index is 470. The van der Waals surface area contributed by atoms with Crippen LogP contribution in [0.15, 0.2) is 5.38 Å². The van der Waals surface area contributed by atoms with Crippen LogP contribution in [-0.2, 0) is 11.2 Å². The molecule has 0 saturated heterocycles. The standard InChI is InChI=1S/C12H18N4O2S/c1-7(11(17)15-8-2-3-8)14-12(18)9-6-19-10(16-9)4-5-13/h6-8H,2-5,13H2,1H3,(H,14,18)(H,15,17). The van der Waals surface area contributed by atoms with E-state index in [1.807, 2.05) is 0 Å². The number of hydrogen-bond donors (Lipinski definition) is 3. The van der Waals surface area contributed by atoms with Gasteiger partial charge in [0.15, 0.2) is 0 Å². The molecule has 0 aliphatic heterocycles. The molecule has 6 nitrogen and oxygen atoms in total. The molecule has 2 amide bonds. The zero-order valence-electron chi connectivity index (χ0n) is 10.8. The quantitative estimate of drug-likeness (QED) is 0.686. The number of rotatable bonds is 6. The fraction of sp³-hybridized carbons (Fsp3) is 0.583. The molecule has 1 aromatic heterocycles. The lowest BCUT2D eigenvalue weighted by Gasteiger charge is -2.12. The molecule has 19 heavy (non-hydrogen) atoms. The number of carbonyl (C=O) groups is 2. The van der Waals surface area contributed by atoms with Crippen molar-refractivity contribution in [1.82, 2.24) is 15.6 Å². The predicted octanol–water partition coefficient (Wildman–Crippen LogP) is 0.0412. The molecule has 1 aromatic rings. The second-order valence-corrected chi connectivity index (χ2v) is 5.59. The van der Waals surface area contributed by atoms with Gasteiger partial charge in [-0.05, 0) is 26.3 Å².